The van der Waals surface area contributed by atoms with Crippen molar-refractivity contribution < 1.29 is 10.0 Å². The van der Waals surface area contributed by atoms with Crippen molar-refractivity contribution in [2.75, 3.05) is 17.6 Å². The van der Waals surface area contributed by atoms with Gasteiger partial charge in [-0.2, -0.15) is 4.98 Å². The molecule has 0 spiro atoms. The lowest BCUT2D eigenvalue weighted by molar-refractivity contribution is -0.385. The van der Waals surface area contributed by atoms with E-state index in [0.29, 0.717) is 12.5 Å². The van der Waals surface area contributed by atoms with Crippen LogP contribution >= 0.6 is 0 Å². The molecule has 1 fully saturated rings. The minimum Gasteiger partial charge on any atom is -0.393 e. The SMILES string of the molecule is Cc1nc(N)nc(NCC2CCC(O)CC2)c1[N+](=O)[O-]. The van der Waals surface area contributed by atoms with Crippen LogP contribution in [-0.2, 0) is 0 Å². The second-order valence-electron chi connectivity index (χ2n) is 5.18. The number of nitrogen functional groups attached to an aromatic ring is 1. The summed E-state index contributed by atoms with van der Waals surface area (Å²) in [6.07, 6.45) is 3.15. The first-order valence-corrected chi connectivity index (χ1v) is 6.67. The summed E-state index contributed by atoms with van der Waals surface area (Å²) in [5, 5.41) is 23.5. The molecule has 0 aromatic carbocycles. The Hall–Kier alpha value is -1.96. The zero-order valence-electron chi connectivity index (χ0n) is 11.4. The topological polar surface area (TPSA) is 127 Å². The molecular weight excluding hydrogens is 262 g/mol. The third-order valence-corrected chi connectivity index (χ3v) is 3.63. The molecule has 1 aromatic rings. The van der Waals surface area contributed by atoms with Gasteiger partial charge in [0.25, 0.3) is 0 Å². The number of aliphatic hydroxyl groups is 1. The normalized spacial score (nSPS) is 22.5. The van der Waals surface area contributed by atoms with Crippen LogP contribution in [0.1, 0.15) is 31.4 Å². The van der Waals surface area contributed by atoms with E-state index in [1.165, 1.54) is 6.92 Å². The summed E-state index contributed by atoms with van der Waals surface area (Å²) in [7, 11) is 0. The molecule has 0 bridgehead atoms. The summed E-state index contributed by atoms with van der Waals surface area (Å²) in [4.78, 5) is 18.3. The number of hydrogen-bond donors (Lipinski definition) is 3. The van der Waals surface area contributed by atoms with Gasteiger partial charge < -0.3 is 16.2 Å². The van der Waals surface area contributed by atoms with Gasteiger partial charge in [-0.15, -0.1) is 0 Å². The van der Waals surface area contributed by atoms with Gasteiger partial charge in [0.2, 0.25) is 11.8 Å². The predicted molar refractivity (Wildman–Crippen MR) is 74.3 cm³/mol. The zero-order valence-corrected chi connectivity index (χ0v) is 11.4. The Balaban J connectivity index is 2.07. The largest absolute Gasteiger partial charge is 0.393 e. The van der Waals surface area contributed by atoms with Crippen LogP contribution in [0.5, 0.6) is 0 Å². The van der Waals surface area contributed by atoms with Crippen molar-refractivity contribution in [3.63, 3.8) is 0 Å². The first kappa shape index (κ1) is 14.4. The molecule has 0 unspecified atom stereocenters. The summed E-state index contributed by atoms with van der Waals surface area (Å²) in [5.74, 6) is 0.579. The van der Waals surface area contributed by atoms with Crippen molar-refractivity contribution in [2.24, 2.45) is 5.92 Å². The summed E-state index contributed by atoms with van der Waals surface area (Å²) in [6, 6.07) is 0. The number of aliphatic hydroxyl groups excluding tert-OH is 1. The summed E-state index contributed by atoms with van der Waals surface area (Å²) < 4.78 is 0. The number of anilines is 2. The number of nitro groups is 1. The highest BCUT2D eigenvalue weighted by Crippen LogP contribution is 2.28. The molecule has 8 nitrogen and oxygen atoms in total. The Labute approximate surface area is 116 Å². The van der Waals surface area contributed by atoms with E-state index in [-0.39, 0.29) is 29.3 Å². The molecule has 0 radical (unpaired) electrons. The number of aromatic nitrogens is 2. The molecule has 0 aliphatic heterocycles. The summed E-state index contributed by atoms with van der Waals surface area (Å²) in [5.41, 5.74) is 5.66. The van der Waals surface area contributed by atoms with Crippen LogP contribution in [0.2, 0.25) is 0 Å². The van der Waals surface area contributed by atoms with Gasteiger partial charge in [0.15, 0.2) is 0 Å². The molecule has 110 valence electrons. The zero-order chi connectivity index (χ0) is 14.7. The minimum atomic E-state index is -0.498. The van der Waals surface area contributed by atoms with Gasteiger partial charge in [0, 0.05) is 6.54 Å². The average Bonchev–Trinajstić information content (AvgIpc) is 2.36. The number of nitrogens with one attached hydrogen (secondary N) is 1. The van der Waals surface area contributed by atoms with E-state index in [9.17, 15) is 15.2 Å². The third kappa shape index (κ3) is 3.32. The van der Waals surface area contributed by atoms with Gasteiger partial charge in [-0.1, -0.05) is 0 Å². The monoisotopic (exact) mass is 281 g/mol. The Morgan fingerprint density at radius 3 is 2.65 bits per heavy atom. The molecule has 0 atom stereocenters. The predicted octanol–water partition coefficient (Wildman–Crippen LogP) is 1.24. The van der Waals surface area contributed by atoms with Crippen molar-refractivity contribution in [3.8, 4) is 0 Å². The van der Waals surface area contributed by atoms with E-state index in [0.717, 1.165) is 25.7 Å². The highest BCUT2D eigenvalue weighted by atomic mass is 16.6. The number of nitrogens with zero attached hydrogens (tertiary/aromatic N) is 3. The number of aryl methyl sites for hydroxylation is 1. The van der Waals surface area contributed by atoms with Crippen LogP contribution in [0, 0.1) is 23.0 Å². The fourth-order valence-electron chi connectivity index (χ4n) is 2.52. The van der Waals surface area contributed by atoms with Crippen LogP contribution in [0.25, 0.3) is 0 Å². The molecule has 1 aliphatic rings. The average molecular weight is 281 g/mol. The van der Waals surface area contributed by atoms with Crippen molar-refractivity contribution in [2.45, 2.75) is 38.7 Å². The molecule has 0 amide bonds. The molecule has 1 aromatic heterocycles. The van der Waals surface area contributed by atoms with Crippen molar-refractivity contribution >= 4 is 17.5 Å². The van der Waals surface area contributed by atoms with E-state index >= 15 is 0 Å². The number of hydrogen-bond acceptors (Lipinski definition) is 7. The molecule has 1 aliphatic carbocycles. The Morgan fingerprint density at radius 1 is 1.40 bits per heavy atom. The standard InChI is InChI=1S/C12H19N5O3/c1-7-10(17(19)20)11(16-12(13)15-7)14-6-8-2-4-9(18)5-3-8/h8-9,18H,2-6H2,1H3,(H3,13,14,15,16). The van der Waals surface area contributed by atoms with Gasteiger partial charge in [-0.05, 0) is 38.5 Å². The fraction of sp³-hybridized carbons (Fsp3) is 0.667. The molecule has 0 saturated heterocycles. The molecule has 4 N–H and O–H groups in total. The lowest BCUT2D eigenvalue weighted by Crippen LogP contribution is -2.24. The van der Waals surface area contributed by atoms with E-state index in [2.05, 4.69) is 15.3 Å². The molecule has 20 heavy (non-hydrogen) atoms. The van der Waals surface area contributed by atoms with E-state index in [1.54, 1.807) is 0 Å². The van der Waals surface area contributed by atoms with Gasteiger partial charge in [0.05, 0.1) is 11.0 Å². The van der Waals surface area contributed by atoms with Gasteiger partial charge in [-0.25, -0.2) is 4.98 Å². The van der Waals surface area contributed by atoms with E-state index in [4.69, 9.17) is 5.73 Å². The van der Waals surface area contributed by atoms with Gasteiger partial charge >= 0.3 is 5.69 Å². The summed E-state index contributed by atoms with van der Waals surface area (Å²) >= 11 is 0. The second-order valence-corrected chi connectivity index (χ2v) is 5.18. The summed E-state index contributed by atoms with van der Waals surface area (Å²) in [6.45, 7) is 2.13. The smallest absolute Gasteiger partial charge is 0.332 e. The Kier molecular flexibility index (Phi) is 4.33. The van der Waals surface area contributed by atoms with Crippen LogP contribution in [-0.4, -0.2) is 32.6 Å². The van der Waals surface area contributed by atoms with Crippen molar-refractivity contribution in [3.05, 3.63) is 15.8 Å². The van der Waals surface area contributed by atoms with Crippen molar-refractivity contribution in [1.29, 1.82) is 0 Å². The maximum atomic E-state index is 11.1. The fourth-order valence-corrected chi connectivity index (χ4v) is 2.52. The Morgan fingerprint density at radius 2 is 2.05 bits per heavy atom. The van der Waals surface area contributed by atoms with Gasteiger partial charge in [0.1, 0.15) is 5.69 Å². The quantitative estimate of drug-likeness (QED) is 0.559. The molecule has 2 rings (SSSR count). The lowest BCUT2D eigenvalue weighted by atomic mass is 9.87. The lowest BCUT2D eigenvalue weighted by Gasteiger charge is -2.25. The van der Waals surface area contributed by atoms with Crippen molar-refractivity contribution in [1.82, 2.24) is 9.97 Å². The molecule has 1 heterocycles. The highest BCUT2D eigenvalue weighted by Gasteiger charge is 2.24. The maximum Gasteiger partial charge on any atom is 0.332 e. The number of rotatable bonds is 4. The first-order valence-electron chi connectivity index (χ1n) is 6.67. The molecule has 8 heteroatoms. The minimum absolute atomic E-state index is 0.0228. The van der Waals surface area contributed by atoms with E-state index in [1.807, 2.05) is 0 Å². The highest BCUT2D eigenvalue weighted by molar-refractivity contribution is 5.60. The van der Waals surface area contributed by atoms with Crippen LogP contribution < -0.4 is 11.1 Å². The maximum absolute atomic E-state index is 11.1. The van der Waals surface area contributed by atoms with Crippen LogP contribution in [0.4, 0.5) is 17.5 Å². The van der Waals surface area contributed by atoms with Gasteiger partial charge in [-0.3, -0.25) is 10.1 Å². The molecular formula is C12H19N5O3. The molecule has 1 saturated carbocycles. The first-order chi connectivity index (χ1) is 9.47. The van der Waals surface area contributed by atoms with E-state index < -0.39 is 4.92 Å². The van der Waals surface area contributed by atoms with Crippen LogP contribution in [0.3, 0.4) is 0 Å². The number of nitrogens with two attached hydrogens (primary N) is 1. The third-order valence-electron chi connectivity index (χ3n) is 3.63. The Bertz CT molecular complexity index is 500. The van der Waals surface area contributed by atoms with Crippen LogP contribution in [0.15, 0.2) is 0 Å². The second kappa shape index (κ2) is 6.00.